The topological polar surface area (TPSA) is 63.8 Å². The summed E-state index contributed by atoms with van der Waals surface area (Å²) in [6.45, 7) is 2.80. The molecule has 1 aliphatic rings. The van der Waals surface area contributed by atoms with Crippen molar-refractivity contribution in [1.29, 1.82) is 0 Å². The van der Waals surface area contributed by atoms with Gasteiger partial charge >= 0.3 is 0 Å². The minimum atomic E-state index is -0.117. The van der Waals surface area contributed by atoms with Gasteiger partial charge in [-0.2, -0.15) is 0 Å². The Morgan fingerprint density at radius 3 is 2.89 bits per heavy atom. The van der Waals surface area contributed by atoms with Gasteiger partial charge in [-0.25, -0.2) is 0 Å². The van der Waals surface area contributed by atoms with E-state index in [1.807, 2.05) is 0 Å². The number of halogens is 2. The first-order valence-electron chi connectivity index (χ1n) is 6.24. The zero-order valence-electron chi connectivity index (χ0n) is 10.4. The highest BCUT2D eigenvalue weighted by atomic mass is 35.5. The van der Waals surface area contributed by atoms with Crippen LogP contribution >= 0.6 is 23.2 Å². The van der Waals surface area contributed by atoms with Crippen LogP contribution in [0.5, 0.6) is 0 Å². The smallest absolute Gasteiger partial charge is 0.174 e. The first-order valence-corrected chi connectivity index (χ1v) is 7.00. The Morgan fingerprint density at radius 1 is 1.44 bits per heavy atom. The normalized spacial score (nSPS) is 28.1. The van der Waals surface area contributed by atoms with Gasteiger partial charge in [-0.3, -0.25) is 0 Å². The molecular weight excluding hydrogens is 271 g/mol. The standard InChI is InChI=1S/C12H18Cl2N4/c1-8-4-2-3-5-12(8,7-15)16-9-6-10(13)17-18-11(9)14/h6,8H,2-5,7,15H2,1H3,(H,16,17). The van der Waals surface area contributed by atoms with Gasteiger partial charge in [-0.15, -0.1) is 10.2 Å². The van der Waals surface area contributed by atoms with Crippen LogP contribution in [0.1, 0.15) is 32.6 Å². The SMILES string of the molecule is CC1CCCCC1(CN)Nc1cc(Cl)nnc1Cl. The van der Waals surface area contributed by atoms with Gasteiger partial charge in [0.15, 0.2) is 10.3 Å². The fourth-order valence-electron chi connectivity index (χ4n) is 2.66. The van der Waals surface area contributed by atoms with Crippen molar-refractivity contribution in [2.24, 2.45) is 11.7 Å². The molecule has 6 heteroatoms. The van der Waals surface area contributed by atoms with E-state index in [-0.39, 0.29) is 5.54 Å². The second-order valence-electron chi connectivity index (χ2n) is 5.00. The van der Waals surface area contributed by atoms with Crippen molar-refractivity contribution in [2.75, 3.05) is 11.9 Å². The number of hydrogen-bond donors (Lipinski definition) is 2. The van der Waals surface area contributed by atoms with Crippen molar-refractivity contribution in [1.82, 2.24) is 10.2 Å². The molecule has 1 saturated carbocycles. The molecule has 100 valence electrons. The van der Waals surface area contributed by atoms with Gasteiger partial charge in [0.1, 0.15) is 0 Å². The Morgan fingerprint density at radius 2 is 2.22 bits per heavy atom. The number of nitrogens with zero attached hydrogens (tertiary/aromatic N) is 2. The Hall–Kier alpha value is -0.580. The summed E-state index contributed by atoms with van der Waals surface area (Å²) in [4.78, 5) is 0. The van der Waals surface area contributed by atoms with Gasteiger partial charge < -0.3 is 11.1 Å². The largest absolute Gasteiger partial charge is 0.375 e. The molecule has 0 aromatic carbocycles. The zero-order valence-corrected chi connectivity index (χ0v) is 11.9. The minimum absolute atomic E-state index is 0.117. The molecule has 2 atom stereocenters. The third-order valence-electron chi connectivity index (χ3n) is 3.92. The highest BCUT2D eigenvalue weighted by Gasteiger charge is 2.37. The van der Waals surface area contributed by atoms with Crippen LogP contribution in [0.3, 0.4) is 0 Å². The molecule has 2 unspecified atom stereocenters. The molecule has 0 radical (unpaired) electrons. The van der Waals surface area contributed by atoms with E-state index in [0.29, 0.717) is 22.8 Å². The van der Waals surface area contributed by atoms with Crippen LogP contribution in [0.2, 0.25) is 10.3 Å². The van der Waals surface area contributed by atoms with E-state index in [1.54, 1.807) is 6.07 Å². The summed E-state index contributed by atoms with van der Waals surface area (Å²) in [5.74, 6) is 0.499. The van der Waals surface area contributed by atoms with Crippen LogP contribution in [0.4, 0.5) is 5.69 Å². The molecule has 3 N–H and O–H groups in total. The molecule has 1 fully saturated rings. The lowest BCUT2D eigenvalue weighted by Gasteiger charge is -2.43. The molecule has 0 bridgehead atoms. The summed E-state index contributed by atoms with van der Waals surface area (Å²) in [5, 5.41) is 11.7. The maximum Gasteiger partial charge on any atom is 0.174 e. The van der Waals surface area contributed by atoms with Gasteiger partial charge in [-0.1, -0.05) is 43.0 Å². The molecule has 1 heterocycles. The molecule has 4 nitrogen and oxygen atoms in total. The molecule has 18 heavy (non-hydrogen) atoms. The van der Waals surface area contributed by atoms with Crippen LogP contribution in [-0.4, -0.2) is 22.3 Å². The van der Waals surface area contributed by atoms with Gasteiger partial charge in [0.05, 0.1) is 11.2 Å². The molecular formula is C12H18Cl2N4. The van der Waals surface area contributed by atoms with E-state index >= 15 is 0 Å². The Labute approximate surface area is 117 Å². The second kappa shape index (κ2) is 5.59. The van der Waals surface area contributed by atoms with Crippen molar-refractivity contribution >= 4 is 28.9 Å². The van der Waals surface area contributed by atoms with Crippen LogP contribution in [-0.2, 0) is 0 Å². The van der Waals surface area contributed by atoms with Crippen molar-refractivity contribution in [3.8, 4) is 0 Å². The van der Waals surface area contributed by atoms with Crippen LogP contribution < -0.4 is 11.1 Å². The van der Waals surface area contributed by atoms with Gasteiger partial charge in [0.25, 0.3) is 0 Å². The third kappa shape index (κ3) is 2.71. The lowest BCUT2D eigenvalue weighted by Crippen LogP contribution is -2.52. The lowest BCUT2D eigenvalue weighted by molar-refractivity contribution is 0.235. The molecule has 0 amide bonds. The number of nitrogens with two attached hydrogens (primary N) is 1. The molecule has 1 aliphatic carbocycles. The number of hydrogen-bond acceptors (Lipinski definition) is 4. The molecule has 0 saturated heterocycles. The van der Waals surface area contributed by atoms with Gasteiger partial charge in [0.2, 0.25) is 0 Å². The number of nitrogens with one attached hydrogen (secondary N) is 1. The number of aromatic nitrogens is 2. The average molecular weight is 289 g/mol. The lowest BCUT2D eigenvalue weighted by atomic mass is 9.73. The van der Waals surface area contributed by atoms with Crippen LogP contribution in [0.25, 0.3) is 0 Å². The monoisotopic (exact) mass is 288 g/mol. The van der Waals surface area contributed by atoms with Crippen molar-refractivity contribution < 1.29 is 0 Å². The first-order chi connectivity index (χ1) is 8.57. The maximum absolute atomic E-state index is 6.05. The van der Waals surface area contributed by atoms with E-state index in [9.17, 15) is 0 Å². The highest BCUT2D eigenvalue weighted by Crippen LogP contribution is 2.37. The number of anilines is 1. The highest BCUT2D eigenvalue weighted by molar-refractivity contribution is 6.33. The fraction of sp³-hybridized carbons (Fsp3) is 0.667. The summed E-state index contributed by atoms with van der Waals surface area (Å²) in [7, 11) is 0. The summed E-state index contributed by atoms with van der Waals surface area (Å²) in [6, 6.07) is 1.70. The van der Waals surface area contributed by atoms with E-state index in [1.165, 1.54) is 19.3 Å². The van der Waals surface area contributed by atoms with Crippen molar-refractivity contribution in [3.63, 3.8) is 0 Å². The van der Waals surface area contributed by atoms with E-state index in [2.05, 4.69) is 22.4 Å². The summed E-state index contributed by atoms with van der Waals surface area (Å²) in [6.07, 6.45) is 4.65. The summed E-state index contributed by atoms with van der Waals surface area (Å²) < 4.78 is 0. The third-order valence-corrected chi connectivity index (χ3v) is 4.38. The molecule has 0 spiro atoms. The minimum Gasteiger partial charge on any atom is -0.375 e. The Bertz CT molecular complexity index is 427. The quantitative estimate of drug-likeness (QED) is 0.897. The molecule has 0 aliphatic heterocycles. The molecule has 1 aromatic rings. The average Bonchev–Trinajstić information content (AvgIpc) is 2.37. The Kier molecular flexibility index (Phi) is 4.30. The molecule has 1 aromatic heterocycles. The first kappa shape index (κ1) is 13.8. The zero-order chi connectivity index (χ0) is 13.2. The summed E-state index contributed by atoms with van der Waals surface area (Å²) >= 11 is 11.9. The van der Waals surface area contributed by atoms with E-state index in [0.717, 1.165) is 12.1 Å². The predicted molar refractivity (Wildman–Crippen MR) is 75.1 cm³/mol. The van der Waals surface area contributed by atoms with Crippen LogP contribution in [0.15, 0.2) is 6.07 Å². The molecule has 2 rings (SSSR count). The second-order valence-corrected chi connectivity index (χ2v) is 5.75. The van der Waals surface area contributed by atoms with Crippen LogP contribution in [0, 0.1) is 5.92 Å². The van der Waals surface area contributed by atoms with Gasteiger partial charge in [-0.05, 0) is 18.8 Å². The van der Waals surface area contributed by atoms with E-state index in [4.69, 9.17) is 28.9 Å². The maximum atomic E-state index is 6.05. The number of rotatable bonds is 3. The fourth-order valence-corrected chi connectivity index (χ4v) is 2.95. The predicted octanol–water partition coefficient (Wildman–Crippen LogP) is 3.10. The van der Waals surface area contributed by atoms with Gasteiger partial charge in [0, 0.05) is 12.6 Å². The Balaban J connectivity index is 2.26. The summed E-state index contributed by atoms with van der Waals surface area (Å²) in [5.41, 5.74) is 6.59. The van der Waals surface area contributed by atoms with E-state index < -0.39 is 0 Å². The van der Waals surface area contributed by atoms with Crippen molar-refractivity contribution in [2.45, 2.75) is 38.1 Å². The van der Waals surface area contributed by atoms with Crippen molar-refractivity contribution in [3.05, 3.63) is 16.4 Å².